The van der Waals surface area contributed by atoms with Gasteiger partial charge in [-0.1, -0.05) is 47.5 Å². The predicted molar refractivity (Wildman–Crippen MR) is 198 cm³/mol. The number of thiazole rings is 1. The number of nitrogens with zero attached hydrogens (tertiary/aromatic N) is 1. The van der Waals surface area contributed by atoms with Crippen molar-refractivity contribution in [3.63, 3.8) is 0 Å². The Labute approximate surface area is 301 Å². The molecule has 0 spiro atoms. The molecule has 0 saturated carbocycles. The first kappa shape index (κ1) is 35.5. The predicted octanol–water partition coefficient (Wildman–Crippen LogP) is 8.66. The molecular weight excluding hydrogens is 703 g/mol. The lowest BCUT2D eigenvalue weighted by atomic mass is 10.1. The number of ether oxygens (including phenoxy) is 2. The maximum atomic E-state index is 13.5. The van der Waals surface area contributed by atoms with Crippen LogP contribution in [0, 0.1) is 0 Å². The number of amides is 3. The molecule has 1 unspecified atom stereocenters. The number of carbonyl (C=O) groups is 3. The average Bonchev–Trinajstić information content (AvgIpc) is 3.58. The summed E-state index contributed by atoms with van der Waals surface area (Å²) in [6, 6.07) is 26.0. The van der Waals surface area contributed by atoms with E-state index in [1.54, 1.807) is 99.0 Å². The van der Waals surface area contributed by atoms with Crippen LogP contribution < -0.4 is 25.4 Å². The minimum Gasteiger partial charge on any atom is -0.497 e. The molecule has 5 aromatic rings. The van der Waals surface area contributed by atoms with Crippen molar-refractivity contribution in [1.82, 2.24) is 10.3 Å². The number of halogens is 2. The van der Waals surface area contributed by atoms with Crippen LogP contribution in [-0.4, -0.2) is 42.2 Å². The molecule has 0 saturated heterocycles. The quantitative estimate of drug-likeness (QED) is 0.0868. The second-order valence-corrected chi connectivity index (χ2v) is 13.5. The Morgan fingerprint density at radius 2 is 1.63 bits per heavy atom. The average molecular weight is 734 g/mol. The maximum absolute atomic E-state index is 13.5. The highest BCUT2D eigenvalue weighted by molar-refractivity contribution is 8.00. The smallest absolute Gasteiger partial charge is 0.272 e. The second kappa shape index (κ2) is 16.5. The van der Waals surface area contributed by atoms with E-state index in [0.717, 1.165) is 10.5 Å². The summed E-state index contributed by atoms with van der Waals surface area (Å²) in [7, 11) is 3.05. The molecule has 4 aromatic carbocycles. The van der Waals surface area contributed by atoms with Gasteiger partial charge in [0.2, 0.25) is 5.91 Å². The van der Waals surface area contributed by atoms with E-state index in [2.05, 4.69) is 20.9 Å². The van der Waals surface area contributed by atoms with Gasteiger partial charge in [0.15, 0.2) is 5.13 Å². The van der Waals surface area contributed by atoms with E-state index in [9.17, 15) is 14.4 Å². The van der Waals surface area contributed by atoms with Crippen molar-refractivity contribution in [2.45, 2.75) is 17.1 Å². The molecule has 1 atom stereocenters. The molecule has 0 bridgehead atoms. The van der Waals surface area contributed by atoms with Crippen molar-refractivity contribution in [2.75, 3.05) is 24.9 Å². The molecule has 0 fully saturated rings. The number of thioether (sulfide) groups is 1. The number of hydrogen-bond acceptors (Lipinski definition) is 8. The van der Waals surface area contributed by atoms with Gasteiger partial charge >= 0.3 is 0 Å². The number of methoxy groups -OCH3 is 2. The Morgan fingerprint density at radius 1 is 0.878 bits per heavy atom. The first-order valence-electron chi connectivity index (χ1n) is 14.7. The van der Waals surface area contributed by atoms with E-state index in [0.29, 0.717) is 49.2 Å². The number of anilines is 2. The van der Waals surface area contributed by atoms with Gasteiger partial charge in [0, 0.05) is 38.7 Å². The van der Waals surface area contributed by atoms with Gasteiger partial charge in [-0.2, -0.15) is 0 Å². The normalized spacial score (nSPS) is 11.7. The van der Waals surface area contributed by atoms with Gasteiger partial charge in [0.25, 0.3) is 11.8 Å². The third kappa shape index (κ3) is 9.42. The maximum Gasteiger partial charge on any atom is 0.272 e. The van der Waals surface area contributed by atoms with E-state index in [4.69, 9.17) is 32.7 Å². The number of nitrogens with one attached hydrogen (secondary N) is 3. The van der Waals surface area contributed by atoms with Crippen LogP contribution in [0.4, 0.5) is 10.8 Å². The van der Waals surface area contributed by atoms with Crippen LogP contribution in [0.2, 0.25) is 10.0 Å². The van der Waals surface area contributed by atoms with Crippen LogP contribution in [0.5, 0.6) is 11.5 Å². The van der Waals surface area contributed by atoms with Gasteiger partial charge in [-0.15, -0.1) is 23.1 Å². The Bertz CT molecular complexity index is 2000. The fourth-order valence-corrected chi connectivity index (χ4v) is 6.32. The van der Waals surface area contributed by atoms with Crippen molar-refractivity contribution in [3.8, 4) is 22.8 Å². The molecule has 9 nitrogen and oxygen atoms in total. The summed E-state index contributed by atoms with van der Waals surface area (Å²) in [5, 5.41) is 11.2. The number of aromatic nitrogens is 1. The highest BCUT2D eigenvalue weighted by atomic mass is 35.5. The van der Waals surface area contributed by atoms with E-state index >= 15 is 0 Å². The van der Waals surface area contributed by atoms with Crippen LogP contribution in [0.1, 0.15) is 22.8 Å². The van der Waals surface area contributed by atoms with E-state index in [-0.39, 0.29) is 11.6 Å². The minimum atomic E-state index is -0.543. The molecule has 3 N–H and O–H groups in total. The Morgan fingerprint density at radius 3 is 2.33 bits per heavy atom. The Kier molecular flexibility index (Phi) is 12.0. The fraction of sp³-hybridized carbons (Fsp3) is 0.111. The summed E-state index contributed by atoms with van der Waals surface area (Å²) >= 11 is 14.8. The molecule has 13 heteroatoms. The lowest BCUT2D eigenvalue weighted by molar-refractivity contribution is -0.115. The van der Waals surface area contributed by atoms with E-state index < -0.39 is 17.1 Å². The molecule has 0 aliphatic carbocycles. The van der Waals surface area contributed by atoms with Crippen molar-refractivity contribution >= 4 is 80.9 Å². The monoisotopic (exact) mass is 732 g/mol. The van der Waals surface area contributed by atoms with Gasteiger partial charge < -0.3 is 25.4 Å². The highest BCUT2D eigenvalue weighted by Gasteiger charge is 2.19. The first-order valence-corrected chi connectivity index (χ1v) is 17.2. The lowest BCUT2D eigenvalue weighted by Gasteiger charge is -2.14. The molecule has 250 valence electrons. The van der Waals surface area contributed by atoms with Crippen LogP contribution >= 0.6 is 46.3 Å². The summed E-state index contributed by atoms with van der Waals surface area (Å²) in [6.45, 7) is 1.79. The first-order chi connectivity index (χ1) is 23.6. The summed E-state index contributed by atoms with van der Waals surface area (Å²) < 4.78 is 10.8. The zero-order chi connectivity index (χ0) is 34.9. The van der Waals surface area contributed by atoms with Crippen LogP contribution in [0.3, 0.4) is 0 Å². The summed E-state index contributed by atoms with van der Waals surface area (Å²) in [5.41, 5.74) is 2.92. The number of benzene rings is 4. The number of rotatable bonds is 12. The molecule has 49 heavy (non-hydrogen) atoms. The molecule has 0 radical (unpaired) electrons. The molecule has 5 rings (SSSR count). The summed E-state index contributed by atoms with van der Waals surface area (Å²) in [4.78, 5) is 44.8. The molecular formula is C36H30Cl2N4O5S2. The Hall–Kier alpha value is -4.81. The molecule has 0 aliphatic rings. The second-order valence-electron chi connectivity index (χ2n) is 10.4. The SMILES string of the molecule is COc1ccc(/C=C(\NC(=O)c2ccccc2)C(=O)Nc2ccc(SC(C)C(=O)Nc3nc(-c4ccc(Cl)c(Cl)c4)cs3)cc2)c(OC)c1. The highest BCUT2D eigenvalue weighted by Crippen LogP contribution is 2.32. The fourth-order valence-electron chi connectivity index (χ4n) is 4.43. The molecule has 0 aliphatic heterocycles. The van der Waals surface area contributed by atoms with Crippen molar-refractivity contribution in [2.24, 2.45) is 0 Å². The van der Waals surface area contributed by atoms with Gasteiger partial charge in [0.05, 0.1) is 35.2 Å². The topological polar surface area (TPSA) is 119 Å². The summed E-state index contributed by atoms with van der Waals surface area (Å²) in [5.74, 6) is -0.165. The van der Waals surface area contributed by atoms with E-state index in [1.165, 1.54) is 36.3 Å². The largest absolute Gasteiger partial charge is 0.497 e. The number of hydrogen-bond donors (Lipinski definition) is 3. The van der Waals surface area contributed by atoms with Crippen molar-refractivity contribution in [3.05, 3.63) is 123 Å². The van der Waals surface area contributed by atoms with Crippen molar-refractivity contribution < 1.29 is 23.9 Å². The molecule has 1 aromatic heterocycles. The van der Waals surface area contributed by atoms with Gasteiger partial charge in [-0.05, 0) is 73.7 Å². The van der Waals surface area contributed by atoms with Gasteiger partial charge in [-0.25, -0.2) is 4.98 Å². The van der Waals surface area contributed by atoms with Crippen molar-refractivity contribution in [1.29, 1.82) is 0 Å². The molecule has 3 amide bonds. The summed E-state index contributed by atoms with van der Waals surface area (Å²) in [6.07, 6.45) is 1.54. The third-order valence-electron chi connectivity index (χ3n) is 7.01. The zero-order valence-electron chi connectivity index (χ0n) is 26.5. The molecule has 1 heterocycles. The van der Waals surface area contributed by atoms with Crippen LogP contribution in [-0.2, 0) is 9.59 Å². The third-order valence-corrected chi connectivity index (χ3v) is 9.62. The van der Waals surface area contributed by atoms with Crippen LogP contribution in [0.25, 0.3) is 17.3 Å². The number of carbonyl (C=O) groups excluding carboxylic acids is 3. The lowest BCUT2D eigenvalue weighted by Crippen LogP contribution is -2.30. The Balaban J connectivity index is 1.24. The van der Waals surface area contributed by atoms with E-state index in [1.807, 2.05) is 11.4 Å². The van der Waals surface area contributed by atoms with Crippen LogP contribution in [0.15, 0.2) is 107 Å². The standard InChI is InChI=1S/C36H30Cl2N4O5S2/c1-21(33(43)42-36-41-31(20-48-36)23-10-16-28(37)29(38)17-23)49-27-14-11-25(12-15-27)39-35(45)30(40-34(44)22-7-5-4-6-8-22)18-24-9-13-26(46-2)19-32(24)47-3/h4-21H,1-3H3,(H,39,45)(H,40,44)(H,41,42,43)/b30-18-. The zero-order valence-corrected chi connectivity index (χ0v) is 29.6. The minimum absolute atomic E-state index is 0.00516. The van der Waals surface area contributed by atoms with Gasteiger partial charge in [-0.3, -0.25) is 14.4 Å². The van der Waals surface area contributed by atoms with Gasteiger partial charge in [0.1, 0.15) is 17.2 Å².